The predicted molar refractivity (Wildman–Crippen MR) is 88.8 cm³/mol. The maximum absolute atomic E-state index is 12.6. The topological polar surface area (TPSA) is 30.0 Å². The Hall–Kier alpha value is -2.74. The number of carbonyl (C=O) groups is 1. The van der Waals surface area contributed by atoms with Crippen molar-refractivity contribution >= 4 is 22.8 Å². The number of hydrogen-bond donors (Lipinski definition) is 0. The van der Waals surface area contributed by atoms with Crippen molar-refractivity contribution < 1.29 is 4.79 Å². The molecule has 0 bridgehead atoms. The number of Topliss-reactive ketones (excluding diaryl/α,β-unsaturated/α-hetero) is 1. The first kappa shape index (κ1) is 13.0. The fourth-order valence-electron chi connectivity index (χ4n) is 3.04. The Morgan fingerprint density at radius 3 is 2.82 bits per heavy atom. The molecule has 4 rings (SSSR count). The molecule has 1 aliphatic carbocycles. The van der Waals surface area contributed by atoms with Crippen molar-refractivity contribution in [3.8, 4) is 0 Å². The maximum atomic E-state index is 12.6. The van der Waals surface area contributed by atoms with Crippen LogP contribution in [0.25, 0.3) is 17.0 Å². The third-order valence-electron chi connectivity index (χ3n) is 4.19. The number of aromatic nitrogens is 1. The molecule has 106 valence electrons. The lowest BCUT2D eigenvalue weighted by atomic mass is 9.86. The molecule has 0 spiro atoms. The van der Waals surface area contributed by atoms with Crippen LogP contribution in [0.2, 0.25) is 0 Å². The quantitative estimate of drug-likeness (QED) is 0.618. The van der Waals surface area contributed by atoms with Crippen LogP contribution >= 0.6 is 0 Å². The zero-order valence-electron chi connectivity index (χ0n) is 12.1. The second-order valence-corrected chi connectivity index (χ2v) is 5.61. The number of ketones is 1. The van der Waals surface area contributed by atoms with E-state index >= 15 is 0 Å². The normalized spacial score (nSPS) is 16.0. The Balaban J connectivity index is 1.74. The molecule has 0 N–H and O–H groups in total. The summed E-state index contributed by atoms with van der Waals surface area (Å²) in [6.07, 6.45) is 5.55. The van der Waals surface area contributed by atoms with Gasteiger partial charge in [-0.25, -0.2) is 0 Å². The van der Waals surface area contributed by atoms with Gasteiger partial charge in [-0.2, -0.15) is 0 Å². The molecule has 0 radical (unpaired) electrons. The molecular formula is C20H15NO. The monoisotopic (exact) mass is 285 g/mol. The molecule has 2 nitrogen and oxygen atoms in total. The molecule has 1 aliphatic rings. The first-order chi connectivity index (χ1) is 10.8. The molecule has 2 aromatic carbocycles. The van der Waals surface area contributed by atoms with Crippen LogP contribution in [0.3, 0.4) is 0 Å². The van der Waals surface area contributed by atoms with E-state index < -0.39 is 0 Å². The van der Waals surface area contributed by atoms with E-state index in [1.807, 2.05) is 54.6 Å². The molecule has 0 unspecified atom stereocenters. The second-order valence-electron chi connectivity index (χ2n) is 5.61. The highest BCUT2D eigenvalue weighted by Gasteiger charge is 2.20. The summed E-state index contributed by atoms with van der Waals surface area (Å²) in [5.41, 5.74) is 4.94. The van der Waals surface area contributed by atoms with Crippen LogP contribution in [0.5, 0.6) is 0 Å². The van der Waals surface area contributed by atoms with E-state index in [0.717, 1.165) is 46.0 Å². The number of carbonyl (C=O) groups excluding carboxylic acids is 1. The molecule has 0 fully saturated rings. The molecule has 0 amide bonds. The average Bonchev–Trinajstić information content (AvgIpc) is 2.57. The van der Waals surface area contributed by atoms with Crippen LogP contribution in [0.4, 0.5) is 0 Å². The van der Waals surface area contributed by atoms with Crippen molar-refractivity contribution in [2.75, 3.05) is 0 Å². The summed E-state index contributed by atoms with van der Waals surface area (Å²) in [5.74, 6) is 0.160. The third-order valence-corrected chi connectivity index (χ3v) is 4.19. The van der Waals surface area contributed by atoms with Gasteiger partial charge in [0.1, 0.15) is 0 Å². The van der Waals surface area contributed by atoms with Crippen molar-refractivity contribution in [3.63, 3.8) is 0 Å². The third kappa shape index (κ3) is 2.23. The van der Waals surface area contributed by atoms with Crippen LogP contribution in [0, 0.1) is 0 Å². The molecule has 0 saturated heterocycles. The molecule has 0 aliphatic heterocycles. The lowest BCUT2D eigenvalue weighted by Crippen LogP contribution is -2.13. The summed E-state index contributed by atoms with van der Waals surface area (Å²) in [4.78, 5) is 16.9. The SMILES string of the molecule is O=C1/C(=C/c2ccc3ncccc3c2)CCc2ccccc21. The molecule has 0 saturated carbocycles. The predicted octanol–water partition coefficient (Wildman–Crippen LogP) is 4.45. The number of hydrogen-bond acceptors (Lipinski definition) is 2. The highest BCUT2D eigenvalue weighted by atomic mass is 16.1. The minimum absolute atomic E-state index is 0.160. The summed E-state index contributed by atoms with van der Waals surface area (Å²) in [6, 6.07) is 18.0. The van der Waals surface area contributed by atoms with Crippen LogP contribution < -0.4 is 0 Å². The Morgan fingerprint density at radius 1 is 0.955 bits per heavy atom. The van der Waals surface area contributed by atoms with E-state index in [1.165, 1.54) is 0 Å². The molecule has 2 heteroatoms. The molecule has 22 heavy (non-hydrogen) atoms. The molecule has 0 atom stereocenters. The van der Waals surface area contributed by atoms with Gasteiger partial charge in [0, 0.05) is 22.7 Å². The van der Waals surface area contributed by atoms with Crippen LogP contribution in [0.1, 0.15) is 27.9 Å². The van der Waals surface area contributed by atoms with Crippen molar-refractivity contribution in [2.24, 2.45) is 0 Å². The van der Waals surface area contributed by atoms with Gasteiger partial charge < -0.3 is 0 Å². The summed E-state index contributed by atoms with van der Waals surface area (Å²) in [6.45, 7) is 0. The largest absolute Gasteiger partial charge is 0.289 e. The van der Waals surface area contributed by atoms with Gasteiger partial charge in [0.05, 0.1) is 5.52 Å². The van der Waals surface area contributed by atoms with Gasteiger partial charge >= 0.3 is 0 Å². The first-order valence-corrected chi connectivity index (χ1v) is 7.49. The van der Waals surface area contributed by atoms with E-state index in [1.54, 1.807) is 6.20 Å². The van der Waals surface area contributed by atoms with Crippen LogP contribution in [0.15, 0.2) is 66.4 Å². The van der Waals surface area contributed by atoms with E-state index in [4.69, 9.17) is 0 Å². The van der Waals surface area contributed by atoms with Gasteiger partial charge in [-0.1, -0.05) is 36.4 Å². The highest BCUT2D eigenvalue weighted by molar-refractivity contribution is 6.13. The standard InChI is InChI=1S/C20H15NO/c22-20-17(9-8-15-4-1-2-6-18(15)20)13-14-7-10-19-16(12-14)5-3-11-21-19/h1-7,10-13H,8-9H2/b17-13+. The molecule has 1 heterocycles. The summed E-state index contributed by atoms with van der Waals surface area (Å²) >= 11 is 0. The van der Waals surface area contributed by atoms with E-state index in [-0.39, 0.29) is 5.78 Å². The van der Waals surface area contributed by atoms with E-state index in [0.29, 0.717) is 0 Å². The van der Waals surface area contributed by atoms with Gasteiger partial charge in [-0.15, -0.1) is 0 Å². The number of allylic oxidation sites excluding steroid dienone is 1. The van der Waals surface area contributed by atoms with Crippen LogP contribution in [-0.2, 0) is 6.42 Å². The van der Waals surface area contributed by atoms with Crippen molar-refractivity contribution in [1.82, 2.24) is 4.98 Å². The summed E-state index contributed by atoms with van der Waals surface area (Å²) in [5, 5.41) is 1.10. The molecule has 1 aromatic heterocycles. The van der Waals surface area contributed by atoms with Gasteiger partial charge in [0.2, 0.25) is 0 Å². The Morgan fingerprint density at radius 2 is 1.86 bits per heavy atom. The Labute approximate surface area is 129 Å². The van der Waals surface area contributed by atoms with Gasteiger partial charge in [-0.05, 0) is 48.2 Å². The van der Waals surface area contributed by atoms with Gasteiger partial charge in [-0.3, -0.25) is 9.78 Å². The van der Waals surface area contributed by atoms with Gasteiger partial charge in [0.25, 0.3) is 0 Å². The highest BCUT2D eigenvalue weighted by Crippen LogP contribution is 2.27. The second kappa shape index (κ2) is 5.23. The zero-order chi connectivity index (χ0) is 14.9. The smallest absolute Gasteiger partial charge is 0.189 e. The number of aryl methyl sites for hydroxylation is 1. The fourth-order valence-corrected chi connectivity index (χ4v) is 3.04. The number of nitrogens with zero attached hydrogens (tertiary/aromatic N) is 1. The van der Waals surface area contributed by atoms with Crippen molar-refractivity contribution in [1.29, 1.82) is 0 Å². The van der Waals surface area contributed by atoms with Crippen molar-refractivity contribution in [3.05, 3.63) is 83.1 Å². The van der Waals surface area contributed by atoms with Gasteiger partial charge in [0.15, 0.2) is 5.78 Å². The minimum atomic E-state index is 0.160. The number of pyridine rings is 1. The lowest BCUT2D eigenvalue weighted by molar-refractivity contribution is 0.102. The number of fused-ring (bicyclic) bond motifs is 2. The molecular weight excluding hydrogens is 270 g/mol. The first-order valence-electron chi connectivity index (χ1n) is 7.49. The maximum Gasteiger partial charge on any atom is 0.189 e. The van der Waals surface area contributed by atoms with E-state index in [2.05, 4.69) is 11.1 Å². The lowest BCUT2D eigenvalue weighted by Gasteiger charge is -2.17. The van der Waals surface area contributed by atoms with Crippen molar-refractivity contribution in [2.45, 2.75) is 12.8 Å². The summed E-state index contributed by atoms with van der Waals surface area (Å²) in [7, 11) is 0. The number of rotatable bonds is 1. The Kier molecular flexibility index (Phi) is 3.08. The molecule has 3 aromatic rings. The number of benzene rings is 2. The fraction of sp³-hybridized carbons (Fsp3) is 0.100. The minimum Gasteiger partial charge on any atom is -0.289 e. The van der Waals surface area contributed by atoms with Crippen LogP contribution in [-0.4, -0.2) is 10.8 Å². The average molecular weight is 285 g/mol. The zero-order valence-corrected chi connectivity index (χ0v) is 12.1. The van der Waals surface area contributed by atoms with E-state index in [9.17, 15) is 4.79 Å². The Bertz CT molecular complexity index is 908. The summed E-state index contributed by atoms with van der Waals surface area (Å²) < 4.78 is 0.